The van der Waals surface area contributed by atoms with E-state index >= 15 is 0 Å². The van der Waals surface area contributed by atoms with Crippen LogP contribution < -0.4 is 10.6 Å². The molecule has 0 saturated heterocycles. The van der Waals surface area contributed by atoms with Gasteiger partial charge in [0.25, 0.3) is 5.91 Å². The number of amides is 1. The summed E-state index contributed by atoms with van der Waals surface area (Å²) >= 11 is 5.89. The van der Waals surface area contributed by atoms with E-state index in [9.17, 15) is 4.79 Å². The first-order valence-electron chi connectivity index (χ1n) is 8.44. The summed E-state index contributed by atoms with van der Waals surface area (Å²) in [6.45, 7) is 2.41. The second-order valence-corrected chi connectivity index (χ2v) is 6.41. The summed E-state index contributed by atoms with van der Waals surface area (Å²) in [6.07, 6.45) is 3.45. The van der Waals surface area contributed by atoms with Crippen LogP contribution in [-0.2, 0) is 6.54 Å². The molecular formula is C21H19ClN4O. The molecule has 2 N–H and O–H groups in total. The summed E-state index contributed by atoms with van der Waals surface area (Å²) in [4.78, 5) is 21.1. The van der Waals surface area contributed by atoms with Crippen LogP contribution in [-0.4, -0.2) is 16.9 Å². The molecule has 0 bridgehead atoms. The van der Waals surface area contributed by atoms with Crippen molar-refractivity contribution in [3.8, 4) is 0 Å². The van der Waals surface area contributed by atoms with Gasteiger partial charge in [-0.2, -0.15) is 0 Å². The largest absolute Gasteiger partial charge is 0.326 e. The maximum absolute atomic E-state index is 12.5. The third kappa shape index (κ3) is 5.66. The third-order valence-electron chi connectivity index (χ3n) is 3.80. The Bertz CT molecular complexity index is 923. The molecule has 0 aliphatic carbocycles. The minimum atomic E-state index is -0.267. The fraction of sp³-hybridized carbons (Fsp3) is 0.0952. The van der Waals surface area contributed by atoms with Gasteiger partial charge >= 0.3 is 0 Å². The number of hydrogen-bond acceptors (Lipinski definition) is 3. The van der Waals surface area contributed by atoms with Crippen molar-refractivity contribution in [1.82, 2.24) is 10.3 Å². The molecule has 5 nitrogen and oxygen atoms in total. The van der Waals surface area contributed by atoms with Crippen molar-refractivity contribution < 1.29 is 4.79 Å². The fourth-order valence-corrected chi connectivity index (χ4v) is 2.45. The molecule has 0 fully saturated rings. The maximum atomic E-state index is 12.5. The molecule has 1 aromatic heterocycles. The van der Waals surface area contributed by atoms with E-state index < -0.39 is 0 Å². The molecule has 3 aromatic rings. The molecule has 0 aliphatic rings. The number of benzene rings is 2. The molecule has 27 heavy (non-hydrogen) atoms. The van der Waals surface area contributed by atoms with Gasteiger partial charge in [0, 0.05) is 28.7 Å². The molecule has 3 rings (SSSR count). The highest BCUT2D eigenvalue weighted by atomic mass is 35.5. The van der Waals surface area contributed by atoms with Gasteiger partial charge < -0.3 is 5.32 Å². The number of nitrogens with one attached hydrogen (secondary N) is 2. The maximum Gasteiger partial charge on any atom is 0.257 e. The van der Waals surface area contributed by atoms with E-state index in [2.05, 4.69) is 20.6 Å². The lowest BCUT2D eigenvalue weighted by atomic mass is 10.2. The lowest BCUT2D eigenvalue weighted by Crippen LogP contribution is -2.36. The number of hydrogen-bond donors (Lipinski definition) is 2. The molecule has 0 spiro atoms. The number of carbonyl (C=O) groups is 1. The van der Waals surface area contributed by atoms with E-state index in [-0.39, 0.29) is 5.91 Å². The van der Waals surface area contributed by atoms with Gasteiger partial charge in [-0.3, -0.25) is 15.1 Å². The van der Waals surface area contributed by atoms with Gasteiger partial charge in [-0.1, -0.05) is 35.4 Å². The van der Waals surface area contributed by atoms with Gasteiger partial charge in [-0.05, 0) is 55.0 Å². The van der Waals surface area contributed by atoms with Crippen molar-refractivity contribution in [2.75, 3.05) is 5.32 Å². The lowest BCUT2D eigenvalue weighted by molar-refractivity contribution is 0.0977. The Hall–Kier alpha value is -3.18. The van der Waals surface area contributed by atoms with Crippen LogP contribution in [0, 0.1) is 6.92 Å². The number of carbonyl (C=O) groups excluding carboxylic acids is 1. The second kappa shape index (κ2) is 8.96. The summed E-state index contributed by atoms with van der Waals surface area (Å²) in [6, 6.07) is 18.3. The van der Waals surface area contributed by atoms with Gasteiger partial charge in [-0.25, -0.2) is 4.99 Å². The highest BCUT2D eigenvalue weighted by molar-refractivity contribution is 6.30. The van der Waals surface area contributed by atoms with Crippen LogP contribution in [0.5, 0.6) is 0 Å². The van der Waals surface area contributed by atoms with E-state index in [0.717, 1.165) is 16.8 Å². The first-order chi connectivity index (χ1) is 13.1. The molecule has 1 amide bonds. The van der Waals surface area contributed by atoms with Crippen LogP contribution in [0.25, 0.3) is 0 Å². The predicted molar refractivity (Wildman–Crippen MR) is 109 cm³/mol. The summed E-state index contributed by atoms with van der Waals surface area (Å²) in [7, 11) is 0. The average Bonchev–Trinajstić information content (AvgIpc) is 2.69. The zero-order chi connectivity index (χ0) is 19.1. The number of nitrogens with zero attached hydrogens (tertiary/aromatic N) is 2. The van der Waals surface area contributed by atoms with Crippen molar-refractivity contribution in [1.29, 1.82) is 0 Å². The van der Waals surface area contributed by atoms with Crippen LogP contribution in [0.15, 0.2) is 78.0 Å². The van der Waals surface area contributed by atoms with Crippen LogP contribution >= 0.6 is 11.6 Å². The monoisotopic (exact) mass is 378 g/mol. The van der Waals surface area contributed by atoms with Crippen molar-refractivity contribution in [3.63, 3.8) is 0 Å². The fourth-order valence-electron chi connectivity index (χ4n) is 2.33. The smallest absolute Gasteiger partial charge is 0.257 e. The Labute approximate surface area is 163 Å². The Morgan fingerprint density at radius 2 is 1.81 bits per heavy atom. The molecule has 2 aromatic carbocycles. The van der Waals surface area contributed by atoms with Gasteiger partial charge in [-0.15, -0.1) is 0 Å². The normalized spacial score (nSPS) is 11.1. The SMILES string of the molecule is Cc1ccc(NC(=NCc2cccnc2)NC(=O)c2ccc(Cl)cc2)cc1. The Kier molecular flexibility index (Phi) is 6.18. The molecule has 136 valence electrons. The molecule has 0 atom stereocenters. The Morgan fingerprint density at radius 1 is 1.07 bits per heavy atom. The van der Waals surface area contributed by atoms with Crippen molar-refractivity contribution in [2.24, 2.45) is 4.99 Å². The molecule has 6 heteroatoms. The van der Waals surface area contributed by atoms with Crippen molar-refractivity contribution in [3.05, 3.63) is 94.8 Å². The second-order valence-electron chi connectivity index (χ2n) is 5.98. The lowest BCUT2D eigenvalue weighted by Gasteiger charge is -2.12. The van der Waals surface area contributed by atoms with Gasteiger partial charge in [0.2, 0.25) is 5.96 Å². The number of aryl methyl sites for hydroxylation is 1. The number of pyridine rings is 1. The highest BCUT2D eigenvalue weighted by Crippen LogP contribution is 2.11. The first-order valence-corrected chi connectivity index (χ1v) is 8.82. The molecule has 0 unspecified atom stereocenters. The number of rotatable bonds is 4. The summed E-state index contributed by atoms with van der Waals surface area (Å²) in [5.41, 5.74) is 3.43. The number of aliphatic imine (C=N–C) groups is 1. The first kappa shape index (κ1) is 18.6. The van der Waals surface area contributed by atoms with E-state index in [0.29, 0.717) is 23.1 Å². The van der Waals surface area contributed by atoms with E-state index in [1.807, 2.05) is 43.3 Å². The van der Waals surface area contributed by atoms with Crippen LogP contribution in [0.3, 0.4) is 0 Å². The van der Waals surface area contributed by atoms with Crippen LogP contribution in [0.1, 0.15) is 21.5 Å². The molecule has 1 heterocycles. The average molecular weight is 379 g/mol. The Balaban J connectivity index is 1.78. The van der Waals surface area contributed by atoms with E-state index in [1.54, 1.807) is 36.7 Å². The number of halogens is 1. The summed E-state index contributed by atoms with van der Waals surface area (Å²) in [5, 5.41) is 6.56. The molecular weight excluding hydrogens is 360 g/mol. The Morgan fingerprint density at radius 3 is 2.48 bits per heavy atom. The van der Waals surface area contributed by atoms with Gasteiger partial charge in [0.15, 0.2) is 0 Å². The minimum absolute atomic E-state index is 0.267. The molecule has 0 saturated carbocycles. The van der Waals surface area contributed by atoms with Crippen LogP contribution in [0.2, 0.25) is 5.02 Å². The van der Waals surface area contributed by atoms with Crippen molar-refractivity contribution in [2.45, 2.75) is 13.5 Å². The standard InChI is InChI=1S/C21H19ClN4O/c1-15-4-10-19(11-5-15)25-21(24-14-16-3-2-12-23-13-16)26-20(27)17-6-8-18(22)9-7-17/h2-13H,14H2,1H3,(H2,24,25,26,27). The third-order valence-corrected chi connectivity index (χ3v) is 4.05. The van der Waals surface area contributed by atoms with Crippen molar-refractivity contribution >= 4 is 29.2 Å². The quantitative estimate of drug-likeness (QED) is 0.521. The summed E-state index contributed by atoms with van der Waals surface area (Å²) in [5.74, 6) is 0.0962. The molecule has 0 radical (unpaired) electrons. The summed E-state index contributed by atoms with van der Waals surface area (Å²) < 4.78 is 0. The van der Waals surface area contributed by atoms with E-state index in [4.69, 9.17) is 11.6 Å². The van der Waals surface area contributed by atoms with E-state index in [1.165, 1.54) is 0 Å². The molecule has 0 aliphatic heterocycles. The number of anilines is 1. The highest BCUT2D eigenvalue weighted by Gasteiger charge is 2.09. The topological polar surface area (TPSA) is 66.4 Å². The van der Waals surface area contributed by atoms with Gasteiger partial charge in [0.05, 0.1) is 6.54 Å². The zero-order valence-corrected chi connectivity index (χ0v) is 15.6. The number of aromatic nitrogens is 1. The predicted octanol–water partition coefficient (Wildman–Crippen LogP) is 4.44. The zero-order valence-electron chi connectivity index (χ0n) is 14.8. The number of guanidine groups is 1. The minimum Gasteiger partial charge on any atom is -0.326 e. The van der Waals surface area contributed by atoms with Gasteiger partial charge in [0.1, 0.15) is 0 Å². The van der Waals surface area contributed by atoms with Crippen LogP contribution in [0.4, 0.5) is 5.69 Å².